The van der Waals surface area contributed by atoms with E-state index in [4.69, 9.17) is 28.4 Å². The number of carbonyl (C=O) groups excluding carboxylic acids is 1. The second-order valence-corrected chi connectivity index (χ2v) is 18.8. The minimum atomic E-state index is -1.81. The molecule has 3 rings (SSSR count). The van der Waals surface area contributed by atoms with Crippen molar-refractivity contribution in [3.8, 4) is 0 Å². The third-order valence-corrected chi connectivity index (χ3v) is 13.7. The van der Waals surface area contributed by atoms with Gasteiger partial charge in [-0.05, 0) is 108 Å². The second kappa shape index (κ2) is 19.8. The number of esters is 1. The quantitative estimate of drug-likeness (QED) is 0.202. The number of nitrogens with zero attached hydrogens (tertiary/aromatic N) is 3. The van der Waals surface area contributed by atoms with E-state index < -0.39 is 95.5 Å². The molecule has 18 atom stereocenters. The highest BCUT2D eigenvalue weighted by Crippen LogP contribution is 2.44. The van der Waals surface area contributed by atoms with Crippen molar-refractivity contribution in [2.45, 2.75) is 192 Å². The van der Waals surface area contributed by atoms with Crippen LogP contribution in [0.3, 0.4) is 0 Å². The van der Waals surface area contributed by atoms with Crippen LogP contribution in [0.4, 0.5) is 0 Å². The van der Waals surface area contributed by atoms with E-state index in [2.05, 4.69) is 0 Å². The maximum atomic E-state index is 14.4. The predicted octanol–water partition coefficient (Wildman–Crippen LogP) is 2.22. The zero-order valence-electron chi connectivity index (χ0n) is 38.0. The summed E-state index contributed by atoms with van der Waals surface area (Å²) in [6.45, 7) is 21.2. The van der Waals surface area contributed by atoms with Crippen molar-refractivity contribution in [1.29, 1.82) is 0 Å². The lowest BCUT2D eigenvalue weighted by atomic mass is 9.75. The number of methoxy groups -OCH3 is 1. The van der Waals surface area contributed by atoms with Crippen LogP contribution in [0, 0.1) is 17.8 Å². The van der Waals surface area contributed by atoms with Crippen molar-refractivity contribution in [2.75, 3.05) is 54.9 Å². The Balaban J connectivity index is 2.20. The smallest absolute Gasteiger partial charge is 0.311 e. The summed E-state index contributed by atoms with van der Waals surface area (Å²) >= 11 is 0. The Kier molecular flexibility index (Phi) is 17.4. The summed E-state index contributed by atoms with van der Waals surface area (Å²) in [6, 6.07) is -0.827. The van der Waals surface area contributed by atoms with E-state index in [1.807, 2.05) is 84.4 Å². The lowest BCUT2D eigenvalue weighted by Gasteiger charge is -2.54. The number of ether oxygens (including phenoxy) is 6. The molecule has 0 unspecified atom stereocenters. The summed E-state index contributed by atoms with van der Waals surface area (Å²) in [5.74, 6) is -2.65. The Morgan fingerprint density at radius 1 is 0.930 bits per heavy atom. The molecule has 5 N–H and O–H groups in total. The third kappa shape index (κ3) is 11.1. The molecule has 0 bridgehead atoms. The maximum Gasteiger partial charge on any atom is 0.311 e. The number of likely N-dealkylation sites (N-methyl/N-ethyl adjacent to an activating group) is 3. The molecular weight excluding hydrogens is 738 g/mol. The van der Waals surface area contributed by atoms with Crippen LogP contribution < -0.4 is 0 Å². The van der Waals surface area contributed by atoms with Gasteiger partial charge < -0.3 is 68.7 Å². The van der Waals surface area contributed by atoms with Gasteiger partial charge in [0.15, 0.2) is 12.6 Å². The first kappa shape index (κ1) is 50.3. The normalized spacial score (nSPS) is 47.7. The standard InChI is InChI=1S/C42H81N3O12/c1-17-31-41(11,50)35(47)28(7)45(15)22-24(3)20-39(9,49)36(57-38-33(46)30(43(12)13)19-25(4)53-38)26(5)34(27(6)37(48)55-31)56-32-21-40(10,52-16)42(51,29(8)54-32)23-44(14)18-2/h24-36,38,46-47,49-51H,17-23H2,1-16H3/t24-,25-,26+,27-,28-,29+,30+,31-,32+,33-,34+,35-,36-,38+,39-,40-,41-,42+/m1/s1. The molecule has 3 aliphatic heterocycles. The van der Waals surface area contributed by atoms with Crippen molar-refractivity contribution in [3.63, 3.8) is 0 Å². The molecule has 0 aromatic carbocycles. The minimum Gasteiger partial charge on any atom is -0.459 e. The fourth-order valence-electron chi connectivity index (χ4n) is 9.61. The summed E-state index contributed by atoms with van der Waals surface area (Å²) in [5, 5.41) is 59.8. The summed E-state index contributed by atoms with van der Waals surface area (Å²) < 4.78 is 38.5. The molecule has 3 heterocycles. The zero-order valence-corrected chi connectivity index (χ0v) is 38.0. The van der Waals surface area contributed by atoms with Gasteiger partial charge >= 0.3 is 5.97 Å². The van der Waals surface area contributed by atoms with Crippen molar-refractivity contribution >= 4 is 5.97 Å². The monoisotopic (exact) mass is 820 g/mol. The van der Waals surface area contributed by atoms with E-state index in [1.165, 1.54) is 6.92 Å². The van der Waals surface area contributed by atoms with Crippen LogP contribution in [-0.2, 0) is 33.2 Å². The van der Waals surface area contributed by atoms with E-state index in [9.17, 15) is 30.3 Å². The van der Waals surface area contributed by atoms with Crippen molar-refractivity contribution in [1.82, 2.24) is 14.7 Å². The molecule has 3 aliphatic rings. The van der Waals surface area contributed by atoms with Crippen LogP contribution in [0.2, 0.25) is 0 Å². The average molecular weight is 820 g/mol. The first-order valence-electron chi connectivity index (χ1n) is 21.2. The molecule has 0 aliphatic carbocycles. The summed E-state index contributed by atoms with van der Waals surface area (Å²) in [6.07, 6.45) is -7.54. The molecule has 0 aromatic rings. The predicted molar refractivity (Wildman–Crippen MR) is 216 cm³/mol. The molecule has 3 saturated heterocycles. The van der Waals surface area contributed by atoms with Gasteiger partial charge in [-0.25, -0.2) is 0 Å². The van der Waals surface area contributed by atoms with Crippen LogP contribution in [0.5, 0.6) is 0 Å². The van der Waals surface area contributed by atoms with Crippen molar-refractivity contribution in [2.24, 2.45) is 17.8 Å². The Hall–Kier alpha value is -1.05. The fourth-order valence-corrected chi connectivity index (χ4v) is 9.61. The van der Waals surface area contributed by atoms with Gasteiger partial charge in [0.05, 0.1) is 35.9 Å². The largest absolute Gasteiger partial charge is 0.459 e. The van der Waals surface area contributed by atoms with Crippen molar-refractivity contribution < 1.29 is 58.7 Å². The number of hydrogen-bond donors (Lipinski definition) is 5. The third-order valence-electron chi connectivity index (χ3n) is 13.7. The molecule has 336 valence electrons. The SMILES string of the molecule is CC[C@H]1OC(=O)[C@H](C)[C@@H](O[C@H]2C[C@@](C)(OC)[C@](O)(CN(C)CC)[C@H](C)O2)[C@H](C)[C@@H](O[C@@H]2O[C@H](C)C[C@H](N(C)C)[C@H]2O)[C@](C)(O)C[C@@H](C)CN(C)[C@H](C)[C@@H](O)[C@]1(C)O. The highest BCUT2D eigenvalue weighted by atomic mass is 16.7. The molecule has 15 nitrogen and oxygen atoms in total. The van der Waals surface area contributed by atoms with Crippen molar-refractivity contribution in [3.05, 3.63) is 0 Å². The number of carbonyl (C=O) groups is 1. The highest BCUT2D eigenvalue weighted by Gasteiger charge is 2.59. The zero-order chi connectivity index (χ0) is 43.6. The molecule has 0 radical (unpaired) electrons. The van der Waals surface area contributed by atoms with Crippen LogP contribution in [0.1, 0.15) is 102 Å². The average Bonchev–Trinajstić information content (AvgIpc) is 3.12. The topological polar surface area (TPSA) is 183 Å². The van der Waals surface area contributed by atoms with Gasteiger partial charge in [0.2, 0.25) is 0 Å². The number of aliphatic hydroxyl groups excluding tert-OH is 2. The molecule has 57 heavy (non-hydrogen) atoms. The van der Waals surface area contributed by atoms with Gasteiger partial charge in [-0.2, -0.15) is 0 Å². The van der Waals surface area contributed by atoms with E-state index in [-0.39, 0.29) is 43.9 Å². The minimum absolute atomic E-state index is 0.0982. The van der Waals surface area contributed by atoms with Gasteiger partial charge in [-0.1, -0.05) is 27.7 Å². The van der Waals surface area contributed by atoms with Crippen LogP contribution >= 0.6 is 0 Å². The summed E-state index contributed by atoms with van der Waals surface area (Å²) in [7, 11) is 9.08. The fraction of sp³-hybridized carbons (Fsp3) is 0.976. The maximum absolute atomic E-state index is 14.4. The van der Waals surface area contributed by atoms with E-state index in [0.29, 0.717) is 19.5 Å². The van der Waals surface area contributed by atoms with Gasteiger partial charge in [-0.3, -0.25) is 4.79 Å². The number of rotatable bonds is 10. The number of hydrogen-bond acceptors (Lipinski definition) is 15. The molecule has 15 heteroatoms. The van der Waals surface area contributed by atoms with Crippen LogP contribution in [-0.4, -0.2) is 191 Å². The lowest BCUT2D eigenvalue weighted by Crippen LogP contribution is -2.70. The first-order valence-corrected chi connectivity index (χ1v) is 21.2. The summed E-state index contributed by atoms with van der Waals surface area (Å²) in [5.41, 5.74) is -5.94. The highest BCUT2D eigenvalue weighted by molar-refractivity contribution is 5.73. The summed E-state index contributed by atoms with van der Waals surface area (Å²) in [4.78, 5) is 20.2. The molecule has 0 spiro atoms. The Morgan fingerprint density at radius 2 is 1.54 bits per heavy atom. The van der Waals surface area contributed by atoms with E-state index in [1.54, 1.807) is 34.8 Å². The Morgan fingerprint density at radius 3 is 2.09 bits per heavy atom. The second-order valence-electron chi connectivity index (χ2n) is 18.8. The molecule has 0 amide bonds. The van der Waals surface area contributed by atoms with Gasteiger partial charge in [0.25, 0.3) is 0 Å². The lowest BCUT2D eigenvalue weighted by molar-refractivity contribution is -0.339. The first-order chi connectivity index (χ1) is 26.2. The molecular formula is C42H81N3O12. The number of aliphatic hydroxyl groups is 5. The molecule has 3 fully saturated rings. The van der Waals surface area contributed by atoms with Gasteiger partial charge in [0, 0.05) is 44.6 Å². The van der Waals surface area contributed by atoms with Crippen LogP contribution in [0.25, 0.3) is 0 Å². The number of cyclic esters (lactones) is 1. The van der Waals surface area contributed by atoms with Gasteiger partial charge in [-0.15, -0.1) is 0 Å². The van der Waals surface area contributed by atoms with Crippen LogP contribution in [0.15, 0.2) is 0 Å². The van der Waals surface area contributed by atoms with Gasteiger partial charge in [0.1, 0.15) is 35.1 Å². The molecule has 0 aromatic heterocycles. The Bertz CT molecular complexity index is 1280. The van der Waals surface area contributed by atoms with E-state index >= 15 is 0 Å². The van der Waals surface area contributed by atoms with E-state index in [0.717, 1.165) is 0 Å². The Labute approximate surface area is 343 Å². The molecule has 0 saturated carbocycles.